The molecule has 0 fully saturated rings. The van der Waals surface area contributed by atoms with E-state index in [0.29, 0.717) is 15.9 Å². The third-order valence-electron chi connectivity index (χ3n) is 1.95. The Kier molecular flexibility index (Phi) is 4.98. The van der Waals surface area contributed by atoms with Crippen molar-refractivity contribution >= 4 is 21.6 Å². The number of halogens is 2. The van der Waals surface area contributed by atoms with E-state index in [0.717, 1.165) is 0 Å². The zero-order chi connectivity index (χ0) is 12.1. The molecule has 0 saturated carbocycles. The highest BCUT2D eigenvalue weighted by molar-refractivity contribution is 9.10. The second-order valence-corrected chi connectivity index (χ2v) is 4.04. The summed E-state index contributed by atoms with van der Waals surface area (Å²) in [6.07, 6.45) is -0.897. The van der Waals surface area contributed by atoms with Gasteiger partial charge in [-0.1, -0.05) is 0 Å². The summed E-state index contributed by atoms with van der Waals surface area (Å²) in [6.45, 7) is -0.242. The van der Waals surface area contributed by atoms with Gasteiger partial charge in [-0.2, -0.15) is 0 Å². The summed E-state index contributed by atoms with van der Waals surface area (Å²) in [5.41, 5.74) is 0.418. The van der Waals surface area contributed by atoms with Crippen LogP contribution in [0.15, 0.2) is 16.6 Å². The number of rotatable bonds is 5. The summed E-state index contributed by atoms with van der Waals surface area (Å²) < 4.78 is 18.7. The van der Waals surface area contributed by atoms with E-state index >= 15 is 0 Å². The zero-order valence-electron chi connectivity index (χ0n) is 8.70. The van der Waals surface area contributed by atoms with Crippen LogP contribution in [0.25, 0.3) is 0 Å². The van der Waals surface area contributed by atoms with E-state index in [4.69, 9.17) is 14.9 Å². The Labute approximate surface area is 101 Å². The fourth-order valence-corrected chi connectivity index (χ4v) is 1.79. The van der Waals surface area contributed by atoms with Crippen molar-refractivity contribution in [2.24, 2.45) is 0 Å². The van der Waals surface area contributed by atoms with Crippen molar-refractivity contribution in [3.63, 3.8) is 0 Å². The maximum Gasteiger partial charge on any atom is 0.156 e. The maximum atomic E-state index is 13.1. The topological polar surface area (TPSA) is 61.7 Å². The predicted octanol–water partition coefficient (Wildman–Crippen LogP) is 1.36. The van der Waals surface area contributed by atoms with Crippen LogP contribution in [-0.2, 0) is 0 Å². The molecule has 90 valence electrons. The lowest BCUT2D eigenvalue weighted by Crippen LogP contribution is -2.23. The van der Waals surface area contributed by atoms with Crippen molar-refractivity contribution in [2.45, 2.75) is 6.10 Å². The van der Waals surface area contributed by atoms with E-state index in [2.05, 4.69) is 21.2 Å². The molecule has 16 heavy (non-hydrogen) atoms. The second kappa shape index (κ2) is 6.03. The van der Waals surface area contributed by atoms with E-state index in [1.165, 1.54) is 19.2 Å². The molecule has 0 bridgehead atoms. The molecule has 6 heteroatoms. The van der Waals surface area contributed by atoms with E-state index in [1.807, 2.05) is 0 Å². The first-order valence-corrected chi connectivity index (χ1v) is 5.43. The molecule has 0 aliphatic rings. The van der Waals surface area contributed by atoms with Gasteiger partial charge in [0.25, 0.3) is 0 Å². The number of methoxy groups -OCH3 is 1. The van der Waals surface area contributed by atoms with Crippen molar-refractivity contribution in [2.75, 3.05) is 25.6 Å². The van der Waals surface area contributed by atoms with Crippen LogP contribution in [0.3, 0.4) is 0 Å². The Balaban J connectivity index is 2.85. The van der Waals surface area contributed by atoms with Gasteiger partial charge >= 0.3 is 0 Å². The summed E-state index contributed by atoms with van der Waals surface area (Å²) >= 11 is 3.17. The molecule has 1 atom stereocenters. The number of hydrogen-bond acceptors (Lipinski definition) is 4. The van der Waals surface area contributed by atoms with Crippen LogP contribution in [0.5, 0.6) is 5.75 Å². The second-order valence-electron chi connectivity index (χ2n) is 3.19. The number of hydrogen-bond donors (Lipinski definition) is 3. The Bertz CT molecular complexity index is 362. The average molecular weight is 294 g/mol. The van der Waals surface area contributed by atoms with Crippen molar-refractivity contribution < 1.29 is 19.3 Å². The summed E-state index contributed by atoms with van der Waals surface area (Å²) in [6, 6.07) is 2.54. The average Bonchev–Trinajstić information content (AvgIpc) is 2.25. The number of ether oxygens (including phenoxy) is 1. The lowest BCUT2D eigenvalue weighted by molar-refractivity contribution is 0.105. The van der Waals surface area contributed by atoms with Gasteiger partial charge in [-0.25, -0.2) is 4.39 Å². The standard InChI is InChI=1S/C10H13BrFNO3/c1-16-10-8(11)2-6(12)3-9(10)13-4-7(15)5-14/h2-3,7,13-15H,4-5H2,1H3. The first kappa shape index (κ1) is 13.2. The van der Waals surface area contributed by atoms with Crippen molar-refractivity contribution in [3.05, 3.63) is 22.4 Å². The number of anilines is 1. The number of aliphatic hydroxyl groups excluding tert-OH is 2. The first-order chi connectivity index (χ1) is 7.58. The molecule has 1 aromatic carbocycles. The van der Waals surface area contributed by atoms with Crippen molar-refractivity contribution in [1.29, 1.82) is 0 Å². The summed E-state index contributed by atoms with van der Waals surface area (Å²) in [5.74, 6) is 0.0280. The van der Waals surface area contributed by atoms with Gasteiger partial charge < -0.3 is 20.3 Å². The third-order valence-corrected chi connectivity index (χ3v) is 2.54. The Morgan fingerprint density at radius 1 is 1.56 bits per heavy atom. The molecule has 0 radical (unpaired) electrons. The molecular formula is C10H13BrFNO3. The fourth-order valence-electron chi connectivity index (χ4n) is 1.19. The van der Waals surface area contributed by atoms with Gasteiger partial charge in [0.05, 0.1) is 30.0 Å². The van der Waals surface area contributed by atoms with E-state index < -0.39 is 11.9 Å². The molecule has 3 N–H and O–H groups in total. The highest BCUT2D eigenvalue weighted by Crippen LogP contribution is 2.34. The molecule has 1 unspecified atom stereocenters. The summed E-state index contributed by atoms with van der Waals surface area (Å²) in [7, 11) is 1.46. The van der Waals surface area contributed by atoms with Gasteiger partial charge in [0.15, 0.2) is 5.75 Å². The maximum absolute atomic E-state index is 13.1. The molecule has 0 saturated heterocycles. The molecule has 0 spiro atoms. The van der Waals surface area contributed by atoms with Crippen molar-refractivity contribution in [1.82, 2.24) is 0 Å². The van der Waals surface area contributed by atoms with Crippen LogP contribution < -0.4 is 10.1 Å². The molecule has 0 aliphatic heterocycles. The largest absolute Gasteiger partial charge is 0.493 e. The lowest BCUT2D eigenvalue weighted by atomic mass is 10.2. The van der Waals surface area contributed by atoms with Crippen LogP contribution in [0, 0.1) is 5.82 Å². The fraction of sp³-hybridized carbons (Fsp3) is 0.400. The van der Waals surface area contributed by atoms with E-state index in [1.54, 1.807) is 0 Å². The number of aliphatic hydroxyl groups is 2. The molecule has 0 amide bonds. The van der Waals surface area contributed by atoms with Gasteiger partial charge in [-0.3, -0.25) is 0 Å². The number of benzene rings is 1. The Morgan fingerprint density at radius 2 is 2.25 bits per heavy atom. The van der Waals surface area contributed by atoms with Crippen LogP contribution >= 0.6 is 15.9 Å². The molecule has 1 aromatic rings. The highest BCUT2D eigenvalue weighted by Gasteiger charge is 2.11. The van der Waals surface area contributed by atoms with E-state index in [9.17, 15) is 4.39 Å². The van der Waals surface area contributed by atoms with Gasteiger partial charge in [0.1, 0.15) is 5.82 Å². The Hall–Kier alpha value is -0.850. The minimum absolute atomic E-state index is 0.114. The van der Waals surface area contributed by atoms with Gasteiger partial charge in [0.2, 0.25) is 0 Å². The lowest BCUT2D eigenvalue weighted by Gasteiger charge is -2.14. The predicted molar refractivity (Wildman–Crippen MR) is 62.2 cm³/mol. The third kappa shape index (κ3) is 3.33. The van der Waals surface area contributed by atoms with Crippen LogP contribution in [-0.4, -0.2) is 36.6 Å². The first-order valence-electron chi connectivity index (χ1n) is 4.64. The van der Waals surface area contributed by atoms with Gasteiger partial charge in [-0.05, 0) is 22.0 Å². The molecule has 1 rings (SSSR count). The van der Waals surface area contributed by atoms with Crippen LogP contribution in [0.1, 0.15) is 0 Å². The van der Waals surface area contributed by atoms with Crippen LogP contribution in [0.4, 0.5) is 10.1 Å². The quantitative estimate of drug-likeness (QED) is 0.767. The molecule has 0 aromatic heterocycles. The van der Waals surface area contributed by atoms with Crippen molar-refractivity contribution in [3.8, 4) is 5.75 Å². The monoisotopic (exact) mass is 293 g/mol. The smallest absolute Gasteiger partial charge is 0.156 e. The number of nitrogens with one attached hydrogen (secondary N) is 1. The normalized spacial score (nSPS) is 12.3. The molecule has 0 aliphatic carbocycles. The zero-order valence-corrected chi connectivity index (χ0v) is 10.3. The molecule has 4 nitrogen and oxygen atoms in total. The summed E-state index contributed by atoms with van der Waals surface area (Å²) in [5, 5.41) is 20.6. The molecule has 0 heterocycles. The van der Waals surface area contributed by atoms with E-state index in [-0.39, 0.29) is 13.2 Å². The van der Waals surface area contributed by atoms with Crippen LogP contribution in [0.2, 0.25) is 0 Å². The summed E-state index contributed by atoms with van der Waals surface area (Å²) in [4.78, 5) is 0. The highest BCUT2D eigenvalue weighted by atomic mass is 79.9. The minimum atomic E-state index is -0.897. The SMILES string of the molecule is COc1c(Br)cc(F)cc1NCC(O)CO. The van der Waals surface area contributed by atoms with Gasteiger partial charge in [-0.15, -0.1) is 0 Å². The van der Waals surface area contributed by atoms with Gasteiger partial charge in [0, 0.05) is 12.6 Å². The minimum Gasteiger partial charge on any atom is -0.493 e. The Morgan fingerprint density at radius 3 is 2.81 bits per heavy atom. The molecular weight excluding hydrogens is 281 g/mol.